The van der Waals surface area contributed by atoms with Crippen LogP contribution < -0.4 is 15.5 Å². The third-order valence-corrected chi connectivity index (χ3v) is 7.08. The number of methoxy groups -OCH3 is 1. The van der Waals surface area contributed by atoms with Crippen LogP contribution in [0.3, 0.4) is 0 Å². The molecule has 1 aliphatic heterocycles. The van der Waals surface area contributed by atoms with Crippen LogP contribution in [0, 0.1) is 0 Å². The van der Waals surface area contributed by atoms with Crippen molar-refractivity contribution in [3.8, 4) is 11.3 Å². The minimum atomic E-state index is -0.336. The molecular formula is C27H22BrClN4O3S. The second kappa shape index (κ2) is 11.0. The summed E-state index contributed by atoms with van der Waals surface area (Å²) in [6, 6.07) is 22.4. The maximum atomic E-state index is 12.0. The Kier molecular flexibility index (Phi) is 7.57. The van der Waals surface area contributed by atoms with Crippen LogP contribution in [0.4, 0.5) is 11.4 Å². The van der Waals surface area contributed by atoms with Gasteiger partial charge in [-0.15, -0.1) is 0 Å². The Morgan fingerprint density at radius 3 is 2.70 bits per heavy atom. The number of halogens is 2. The Labute approximate surface area is 232 Å². The molecule has 1 saturated heterocycles. The molecule has 188 valence electrons. The predicted octanol–water partition coefficient (Wildman–Crippen LogP) is 6.52. The Balaban J connectivity index is 1.53. The van der Waals surface area contributed by atoms with Crippen LogP contribution in [0.5, 0.6) is 0 Å². The third kappa shape index (κ3) is 5.40. The highest BCUT2D eigenvalue weighted by molar-refractivity contribution is 9.10. The van der Waals surface area contributed by atoms with Crippen molar-refractivity contribution in [3.05, 3.63) is 99.9 Å². The van der Waals surface area contributed by atoms with E-state index in [9.17, 15) is 4.79 Å². The SMILES string of the molecule is COCC(=O)Nc1ccc(N2C(=S)N[C@@H](c3ccccn3)[C@H]2c2ccc(-c3ccc(Br)cc3)o2)cc1Cl. The highest BCUT2D eigenvalue weighted by Gasteiger charge is 2.42. The van der Waals surface area contributed by atoms with Gasteiger partial charge in [-0.2, -0.15) is 0 Å². The molecular weight excluding hydrogens is 576 g/mol. The lowest BCUT2D eigenvalue weighted by atomic mass is 10.0. The van der Waals surface area contributed by atoms with Gasteiger partial charge in [0.25, 0.3) is 0 Å². The zero-order chi connectivity index (χ0) is 25.9. The number of carbonyl (C=O) groups excluding carboxylic acids is 1. The normalized spacial score (nSPS) is 17.1. The van der Waals surface area contributed by atoms with Gasteiger partial charge in [-0.1, -0.05) is 45.7 Å². The van der Waals surface area contributed by atoms with Crippen molar-refractivity contribution < 1.29 is 13.9 Å². The standard InChI is InChI=1S/C27H22BrClN4O3S/c1-35-15-24(34)31-20-10-9-18(14-19(20)29)33-26(25(32-27(33)37)21-4-2-3-13-30-21)23-12-11-22(36-23)16-5-7-17(28)8-6-16/h2-14,25-26H,15H2,1H3,(H,31,34)(H,32,37)/t25-,26+/m0/s1. The molecule has 1 fully saturated rings. The minimum Gasteiger partial charge on any atom is -0.459 e. The van der Waals surface area contributed by atoms with Gasteiger partial charge in [0, 0.05) is 29.0 Å². The lowest BCUT2D eigenvalue weighted by molar-refractivity contribution is -0.119. The van der Waals surface area contributed by atoms with E-state index in [0.29, 0.717) is 15.8 Å². The molecule has 0 radical (unpaired) electrons. The van der Waals surface area contributed by atoms with E-state index in [1.807, 2.05) is 65.6 Å². The van der Waals surface area contributed by atoms with Crippen LogP contribution in [0.1, 0.15) is 23.5 Å². The van der Waals surface area contributed by atoms with E-state index in [1.165, 1.54) is 7.11 Å². The average Bonchev–Trinajstić information content (AvgIpc) is 3.51. The number of aromatic nitrogens is 1. The monoisotopic (exact) mass is 596 g/mol. The maximum absolute atomic E-state index is 12.0. The smallest absolute Gasteiger partial charge is 0.250 e. The van der Waals surface area contributed by atoms with Gasteiger partial charge in [-0.3, -0.25) is 9.78 Å². The molecule has 1 aliphatic rings. The molecule has 5 rings (SSSR count). The highest BCUT2D eigenvalue weighted by atomic mass is 79.9. The molecule has 2 aromatic carbocycles. The van der Waals surface area contributed by atoms with Crippen molar-refractivity contribution in [3.63, 3.8) is 0 Å². The van der Waals surface area contributed by atoms with Crippen LogP contribution in [-0.4, -0.2) is 29.7 Å². The summed E-state index contributed by atoms with van der Waals surface area (Å²) in [5.41, 5.74) is 3.02. The van der Waals surface area contributed by atoms with Crippen molar-refractivity contribution in [2.24, 2.45) is 0 Å². The second-order valence-electron chi connectivity index (χ2n) is 8.35. The maximum Gasteiger partial charge on any atom is 0.250 e. The lowest BCUT2D eigenvalue weighted by Crippen LogP contribution is -2.29. The van der Waals surface area contributed by atoms with E-state index in [-0.39, 0.29) is 24.6 Å². The highest BCUT2D eigenvalue weighted by Crippen LogP contribution is 2.44. The van der Waals surface area contributed by atoms with Crippen molar-refractivity contribution >= 4 is 62.1 Å². The molecule has 2 aromatic heterocycles. The number of hydrogen-bond donors (Lipinski definition) is 2. The number of thiocarbonyl (C=S) groups is 1. The van der Waals surface area contributed by atoms with Crippen molar-refractivity contribution in [2.75, 3.05) is 23.9 Å². The Bertz CT molecular complexity index is 1430. The molecule has 7 nitrogen and oxygen atoms in total. The van der Waals surface area contributed by atoms with E-state index in [2.05, 4.69) is 31.5 Å². The summed E-state index contributed by atoms with van der Waals surface area (Å²) < 4.78 is 12.3. The van der Waals surface area contributed by atoms with Crippen molar-refractivity contribution in [1.29, 1.82) is 0 Å². The Morgan fingerprint density at radius 2 is 2.00 bits per heavy atom. The summed E-state index contributed by atoms with van der Waals surface area (Å²) >= 11 is 15.8. The summed E-state index contributed by atoms with van der Waals surface area (Å²) in [6.45, 7) is -0.0643. The lowest BCUT2D eigenvalue weighted by Gasteiger charge is -2.26. The second-order valence-corrected chi connectivity index (χ2v) is 10.1. The number of hydrogen-bond acceptors (Lipinski definition) is 5. The van der Waals surface area contributed by atoms with E-state index in [1.54, 1.807) is 18.3 Å². The quantitative estimate of drug-likeness (QED) is 0.235. The summed E-state index contributed by atoms with van der Waals surface area (Å²) in [6.07, 6.45) is 1.75. The number of ether oxygens (including phenoxy) is 1. The van der Waals surface area contributed by atoms with Gasteiger partial charge in [0.2, 0.25) is 5.91 Å². The molecule has 1 amide bonds. The zero-order valence-electron chi connectivity index (χ0n) is 19.7. The van der Waals surface area contributed by atoms with Crippen LogP contribution in [0.25, 0.3) is 11.3 Å². The fourth-order valence-corrected chi connectivity index (χ4v) is 5.11. The number of pyridine rings is 1. The van der Waals surface area contributed by atoms with Crippen LogP contribution in [-0.2, 0) is 9.53 Å². The van der Waals surface area contributed by atoms with Gasteiger partial charge in [-0.25, -0.2) is 0 Å². The van der Waals surface area contributed by atoms with Crippen molar-refractivity contribution in [2.45, 2.75) is 12.1 Å². The fraction of sp³-hybridized carbons (Fsp3) is 0.148. The summed E-state index contributed by atoms with van der Waals surface area (Å²) in [5.74, 6) is 1.17. The number of nitrogens with zero attached hydrogens (tertiary/aromatic N) is 2. The molecule has 0 unspecified atom stereocenters. The van der Waals surface area contributed by atoms with Gasteiger partial charge >= 0.3 is 0 Å². The molecule has 37 heavy (non-hydrogen) atoms. The molecule has 2 N–H and O–H groups in total. The first kappa shape index (κ1) is 25.4. The third-order valence-electron chi connectivity index (χ3n) is 5.93. The first-order valence-electron chi connectivity index (χ1n) is 11.4. The summed E-state index contributed by atoms with van der Waals surface area (Å²) in [5, 5.41) is 7.04. The summed E-state index contributed by atoms with van der Waals surface area (Å²) in [7, 11) is 1.46. The van der Waals surface area contributed by atoms with Crippen LogP contribution in [0.2, 0.25) is 5.02 Å². The van der Waals surface area contributed by atoms with Crippen LogP contribution >= 0.6 is 39.7 Å². The first-order chi connectivity index (χ1) is 17.9. The van der Waals surface area contributed by atoms with E-state index in [0.717, 1.165) is 32.9 Å². The molecule has 4 aromatic rings. The number of nitrogens with one attached hydrogen (secondary N) is 2. The topological polar surface area (TPSA) is 79.6 Å². The summed E-state index contributed by atoms with van der Waals surface area (Å²) in [4.78, 5) is 18.5. The predicted molar refractivity (Wildman–Crippen MR) is 152 cm³/mol. The molecule has 3 heterocycles. The molecule has 0 spiro atoms. The molecule has 0 aliphatic carbocycles. The zero-order valence-corrected chi connectivity index (χ0v) is 22.8. The van der Waals surface area contributed by atoms with Gasteiger partial charge in [-0.05, 0) is 66.8 Å². The fourth-order valence-electron chi connectivity index (χ4n) is 4.28. The largest absolute Gasteiger partial charge is 0.459 e. The number of benzene rings is 2. The van der Waals surface area contributed by atoms with Crippen molar-refractivity contribution in [1.82, 2.24) is 10.3 Å². The Morgan fingerprint density at radius 1 is 1.19 bits per heavy atom. The average molecular weight is 598 g/mol. The first-order valence-corrected chi connectivity index (χ1v) is 13.0. The molecule has 10 heteroatoms. The minimum absolute atomic E-state index is 0.0643. The number of anilines is 2. The number of furan rings is 1. The molecule has 0 saturated carbocycles. The molecule has 0 bridgehead atoms. The van der Waals surface area contributed by atoms with Gasteiger partial charge in [0.05, 0.1) is 22.4 Å². The van der Waals surface area contributed by atoms with Crippen LogP contribution in [0.15, 0.2) is 87.9 Å². The number of amides is 1. The molecule has 2 atom stereocenters. The van der Waals surface area contributed by atoms with E-state index in [4.69, 9.17) is 33.0 Å². The number of carbonyl (C=O) groups is 1. The number of rotatable bonds is 7. The van der Waals surface area contributed by atoms with Gasteiger partial charge in [0.1, 0.15) is 24.2 Å². The van der Waals surface area contributed by atoms with E-state index >= 15 is 0 Å². The van der Waals surface area contributed by atoms with Gasteiger partial charge in [0.15, 0.2) is 5.11 Å². The van der Waals surface area contributed by atoms with E-state index < -0.39 is 0 Å². The van der Waals surface area contributed by atoms with Gasteiger partial charge < -0.3 is 24.7 Å². The Hall–Kier alpha value is -3.24.